The van der Waals surface area contributed by atoms with Crippen molar-refractivity contribution in [2.45, 2.75) is 6.92 Å². The number of ether oxygens (including phenoxy) is 2. The average molecular weight is 370 g/mol. The van der Waals surface area contributed by atoms with Crippen LogP contribution in [0, 0.1) is 6.92 Å². The van der Waals surface area contributed by atoms with E-state index < -0.39 is 0 Å². The Kier molecular flexibility index (Phi) is 5.04. The van der Waals surface area contributed by atoms with Gasteiger partial charge in [0.15, 0.2) is 17.2 Å². The van der Waals surface area contributed by atoms with E-state index in [0.29, 0.717) is 22.9 Å². The first kappa shape index (κ1) is 17.7. The molecule has 3 N–H and O–H groups in total. The van der Waals surface area contributed by atoms with Gasteiger partial charge in [-0.15, -0.1) is 10.2 Å². The van der Waals surface area contributed by atoms with E-state index >= 15 is 0 Å². The fraction of sp³-hybridized carbons (Fsp3) is 0.167. The molecule has 26 heavy (non-hydrogen) atoms. The number of hydrogen-bond donors (Lipinski definition) is 3. The van der Waals surface area contributed by atoms with Crippen molar-refractivity contribution in [2.24, 2.45) is 10.2 Å². The third-order valence-corrected chi connectivity index (χ3v) is 3.97. The Morgan fingerprint density at radius 3 is 2.62 bits per heavy atom. The number of methoxy groups -OCH3 is 2. The number of rotatable bonds is 4. The molecule has 7 nitrogen and oxygen atoms in total. The maximum Gasteiger partial charge on any atom is 0.218 e. The van der Waals surface area contributed by atoms with Crippen molar-refractivity contribution in [3.63, 3.8) is 0 Å². The number of anilines is 1. The van der Waals surface area contributed by atoms with Gasteiger partial charge >= 0.3 is 0 Å². The van der Waals surface area contributed by atoms with E-state index in [0.717, 1.165) is 16.5 Å². The molecular formula is C18H18N4O3S. The number of hydrogen-bond acceptors (Lipinski definition) is 5. The Labute approximate surface area is 155 Å². The zero-order valence-electron chi connectivity index (χ0n) is 14.5. The van der Waals surface area contributed by atoms with E-state index in [1.165, 1.54) is 0 Å². The van der Waals surface area contributed by atoms with Crippen LogP contribution >= 0.6 is 12.2 Å². The summed E-state index contributed by atoms with van der Waals surface area (Å²) in [5.41, 5.74) is 2.87. The first-order valence-electron chi connectivity index (χ1n) is 7.78. The summed E-state index contributed by atoms with van der Waals surface area (Å²) in [4.78, 5) is 2.86. The van der Waals surface area contributed by atoms with E-state index in [9.17, 15) is 5.11 Å². The lowest BCUT2D eigenvalue weighted by Crippen LogP contribution is -2.05. The van der Waals surface area contributed by atoms with E-state index in [1.54, 1.807) is 32.4 Å². The van der Waals surface area contributed by atoms with Crippen molar-refractivity contribution >= 4 is 39.6 Å². The number of nitrogens with one attached hydrogen (secondary N) is 2. The molecule has 0 amide bonds. The van der Waals surface area contributed by atoms with Gasteiger partial charge in [0.25, 0.3) is 0 Å². The quantitative estimate of drug-likeness (QED) is 0.458. The maximum atomic E-state index is 10.1. The summed E-state index contributed by atoms with van der Waals surface area (Å²) in [6.45, 7) is 1.97. The van der Waals surface area contributed by atoms with Gasteiger partial charge in [-0.2, -0.15) is 0 Å². The molecule has 0 aliphatic rings. The van der Waals surface area contributed by atoms with E-state index in [1.807, 2.05) is 25.1 Å². The summed E-state index contributed by atoms with van der Waals surface area (Å²) in [6, 6.07) is 11.0. The highest BCUT2D eigenvalue weighted by atomic mass is 32.1. The third-order valence-electron chi connectivity index (χ3n) is 3.78. The number of H-pyrrole nitrogens is 1. The number of aromatic nitrogens is 1. The van der Waals surface area contributed by atoms with E-state index in [-0.39, 0.29) is 11.0 Å². The number of aromatic hydroxyl groups is 1. The smallest absolute Gasteiger partial charge is 0.218 e. The molecule has 3 rings (SSSR count). The number of fused-ring (bicyclic) bond motifs is 1. The first-order chi connectivity index (χ1) is 12.5. The highest BCUT2D eigenvalue weighted by molar-refractivity contribution is 7.80. The topological polar surface area (TPSA) is 91.2 Å². The minimum Gasteiger partial charge on any atom is -0.493 e. The standard InChI is InChI=1S/C18H18N4O3S/c1-10-4-6-13-12(8-10)16(17(23)20-13)21-22-18(26)19-11-5-7-14(24-2)15(9-11)25-3/h4-9,20,23H,1-3H3,(H,19,26). The van der Waals surface area contributed by atoms with Gasteiger partial charge in [-0.3, -0.25) is 0 Å². The number of nitrogens with zero attached hydrogens (tertiary/aromatic N) is 2. The highest BCUT2D eigenvalue weighted by Crippen LogP contribution is 2.36. The molecule has 0 spiro atoms. The van der Waals surface area contributed by atoms with Crippen molar-refractivity contribution in [2.75, 3.05) is 19.5 Å². The van der Waals surface area contributed by atoms with E-state index in [2.05, 4.69) is 20.5 Å². The normalized spacial score (nSPS) is 11.0. The molecule has 2 aromatic carbocycles. The van der Waals surface area contributed by atoms with Crippen LogP contribution in [0.5, 0.6) is 17.4 Å². The fourth-order valence-corrected chi connectivity index (χ4v) is 2.70. The molecule has 0 aliphatic heterocycles. The van der Waals surface area contributed by atoms with Crippen LogP contribution in [0.2, 0.25) is 0 Å². The third kappa shape index (κ3) is 3.60. The van der Waals surface area contributed by atoms with Gasteiger partial charge in [-0.05, 0) is 43.4 Å². The second-order valence-corrected chi connectivity index (χ2v) is 5.96. The lowest BCUT2D eigenvalue weighted by atomic mass is 10.2. The second kappa shape index (κ2) is 7.40. The van der Waals surface area contributed by atoms with Crippen LogP contribution in [0.25, 0.3) is 10.9 Å². The summed E-state index contributed by atoms with van der Waals surface area (Å²) in [6.07, 6.45) is 0. The molecule has 1 aromatic heterocycles. The Hall–Kier alpha value is -3.13. The Morgan fingerprint density at radius 1 is 1.12 bits per heavy atom. The van der Waals surface area contributed by atoms with Gasteiger partial charge in [0, 0.05) is 17.1 Å². The first-order valence-corrected chi connectivity index (χ1v) is 8.18. The number of aryl methyl sites for hydroxylation is 1. The minimum absolute atomic E-state index is 0.0525. The van der Waals surface area contributed by atoms with Gasteiger partial charge in [0.05, 0.1) is 19.7 Å². The Bertz CT molecular complexity index is 998. The van der Waals surface area contributed by atoms with Crippen LogP contribution in [0.4, 0.5) is 11.4 Å². The summed E-state index contributed by atoms with van der Waals surface area (Å²) < 4.78 is 10.5. The highest BCUT2D eigenvalue weighted by Gasteiger charge is 2.11. The molecule has 0 saturated carbocycles. The zero-order valence-corrected chi connectivity index (χ0v) is 15.3. The van der Waals surface area contributed by atoms with E-state index in [4.69, 9.17) is 21.7 Å². The molecule has 134 valence electrons. The fourth-order valence-electron chi connectivity index (χ4n) is 2.54. The summed E-state index contributed by atoms with van der Waals surface area (Å²) in [7, 11) is 3.13. The summed E-state index contributed by atoms with van der Waals surface area (Å²) in [5, 5.41) is 22.0. The van der Waals surface area contributed by atoms with Gasteiger partial charge < -0.3 is 24.9 Å². The molecular weight excluding hydrogens is 352 g/mol. The second-order valence-electron chi connectivity index (χ2n) is 5.57. The average Bonchev–Trinajstić information content (AvgIpc) is 2.94. The van der Waals surface area contributed by atoms with Crippen LogP contribution < -0.4 is 14.8 Å². The SMILES string of the molecule is COc1ccc(NC(=S)N=Nc2c(O)[nH]c3ccc(C)cc23)cc1OC. The molecule has 0 radical (unpaired) electrons. The molecule has 8 heteroatoms. The van der Waals surface area contributed by atoms with Gasteiger partial charge in [0.1, 0.15) is 0 Å². The largest absolute Gasteiger partial charge is 0.493 e. The maximum absolute atomic E-state index is 10.1. The molecule has 0 aliphatic carbocycles. The molecule has 0 atom stereocenters. The number of azo groups is 1. The number of benzene rings is 2. The lowest BCUT2D eigenvalue weighted by molar-refractivity contribution is 0.355. The van der Waals surface area contributed by atoms with Crippen molar-refractivity contribution in [3.05, 3.63) is 42.0 Å². The molecule has 3 aromatic rings. The van der Waals surface area contributed by atoms with Crippen LogP contribution in [0.3, 0.4) is 0 Å². The van der Waals surface area contributed by atoms with Gasteiger partial charge in [0.2, 0.25) is 11.0 Å². The molecule has 0 bridgehead atoms. The van der Waals surface area contributed by atoms with Crippen LogP contribution in [0.15, 0.2) is 46.6 Å². The van der Waals surface area contributed by atoms with Crippen molar-refractivity contribution in [1.82, 2.24) is 4.98 Å². The van der Waals surface area contributed by atoms with Crippen LogP contribution in [-0.4, -0.2) is 29.4 Å². The van der Waals surface area contributed by atoms with Crippen molar-refractivity contribution in [1.29, 1.82) is 0 Å². The van der Waals surface area contributed by atoms with Gasteiger partial charge in [-0.25, -0.2) is 0 Å². The molecule has 0 saturated heterocycles. The monoisotopic (exact) mass is 370 g/mol. The molecule has 0 unspecified atom stereocenters. The Balaban J connectivity index is 1.80. The van der Waals surface area contributed by atoms with Crippen LogP contribution in [-0.2, 0) is 0 Å². The molecule has 0 fully saturated rings. The predicted molar refractivity (Wildman–Crippen MR) is 105 cm³/mol. The minimum atomic E-state index is -0.0525. The van der Waals surface area contributed by atoms with Crippen LogP contribution in [0.1, 0.15) is 5.56 Å². The van der Waals surface area contributed by atoms with Crippen molar-refractivity contribution < 1.29 is 14.6 Å². The predicted octanol–water partition coefficient (Wildman–Crippen LogP) is 4.68. The zero-order chi connectivity index (χ0) is 18.7. The van der Waals surface area contributed by atoms with Gasteiger partial charge in [-0.1, -0.05) is 11.6 Å². The van der Waals surface area contributed by atoms with Crippen molar-refractivity contribution in [3.8, 4) is 17.4 Å². The Morgan fingerprint density at radius 2 is 1.88 bits per heavy atom. The summed E-state index contributed by atoms with van der Waals surface area (Å²) >= 11 is 5.21. The number of aromatic amines is 1. The number of thiocarbonyl (C=S) groups is 1. The lowest BCUT2D eigenvalue weighted by Gasteiger charge is -2.09. The summed E-state index contributed by atoms with van der Waals surface area (Å²) in [5.74, 6) is 1.13. The molecule has 1 heterocycles.